The highest BCUT2D eigenvalue weighted by atomic mass is 16.2. The topological polar surface area (TPSA) is 35.6 Å². The van der Waals surface area contributed by atoms with Crippen LogP contribution in [0.5, 0.6) is 0 Å². The van der Waals surface area contributed by atoms with Crippen LogP contribution in [0.3, 0.4) is 0 Å². The first kappa shape index (κ1) is 18.7. The lowest BCUT2D eigenvalue weighted by Gasteiger charge is -2.34. The molecule has 24 heavy (non-hydrogen) atoms. The zero-order chi connectivity index (χ0) is 17.4. The summed E-state index contributed by atoms with van der Waals surface area (Å²) in [5.41, 5.74) is 1.24. The van der Waals surface area contributed by atoms with Gasteiger partial charge in [-0.25, -0.2) is 0 Å². The Morgan fingerprint density at radius 3 is 2.33 bits per heavy atom. The van der Waals surface area contributed by atoms with E-state index in [9.17, 15) is 4.79 Å². The summed E-state index contributed by atoms with van der Waals surface area (Å²) >= 11 is 0. The number of piperazine rings is 1. The van der Waals surface area contributed by atoms with Gasteiger partial charge in [0.1, 0.15) is 0 Å². The molecule has 4 heteroatoms. The van der Waals surface area contributed by atoms with Gasteiger partial charge in [-0.3, -0.25) is 14.6 Å². The molecule has 0 radical (unpaired) electrons. The van der Waals surface area contributed by atoms with Crippen LogP contribution < -0.4 is 5.32 Å². The number of hydrogen-bond donors (Lipinski definition) is 1. The highest BCUT2D eigenvalue weighted by Crippen LogP contribution is 2.05. The van der Waals surface area contributed by atoms with Gasteiger partial charge in [0.05, 0.1) is 6.54 Å². The number of amides is 1. The molecular formula is C20H31N3O. The molecule has 1 saturated heterocycles. The maximum Gasteiger partial charge on any atom is 0.234 e. The normalized spacial score (nSPS) is 18.2. The number of nitrogens with one attached hydrogen (secondary N) is 1. The highest BCUT2D eigenvalue weighted by molar-refractivity contribution is 5.78. The van der Waals surface area contributed by atoms with Crippen molar-refractivity contribution in [2.45, 2.75) is 26.8 Å². The van der Waals surface area contributed by atoms with Gasteiger partial charge in [-0.05, 0) is 18.4 Å². The van der Waals surface area contributed by atoms with Crippen LogP contribution in [0.4, 0.5) is 0 Å². The number of carbonyl (C=O) groups is 1. The molecule has 4 nitrogen and oxygen atoms in total. The lowest BCUT2D eigenvalue weighted by Crippen LogP contribution is -2.50. The zero-order valence-corrected chi connectivity index (χ0v) is 15.2. The van der Waals surface area contributed by atoms with Crippen molar-refractivity contribution >= 4 is 12.0 Å². The fraction of sp³-hybridized carbons (Fsp3) is 0.550. The smallest absolute Gasteiger partial charge is 0.234 e. The van der Waals surface area contributed by atoms with Crippen LogP contribution in [0.2, 0.25) is 0 Å². The molecule has 0 aliphatic carbocycles. The fourth-order valence-electron chi connectivity index (χ4n) is 2.70. The summed E-state index contributed by atoms with van der Waals surface area (Å²) in [4.78, 5) is 16.7. The molecule has 1 amide bonds. The van der Waals surface area contributed by atoms with Crippen LogP contribution in [-0.4, -0.2) is 61.0 Å². The Bertz CT molecular complexity index is 519. The molecule has 1 aromatic rings. The Kier molecular flexibility index (Phi) is 7.47. The summed E-state index contributed by atoms with van der Waals surface area (Å²) in [5, 5.41) is 3.08. The van der Waals surface area contributed by atoms with Gasteiger partial charge in [0.2, 0.25) is 5.91 Å². The van der Waals surface area contributed by atoms with E-state index in [-0.39, 0.29) is 11.9 Å². The number of benzene rings is 1. The Morgan fingerprint density at radius 2 is 1.71 bits per heavy atom. The second-order valence-electron chi connectivity index (χ2n) is 6.99. The third kappa shape index (κ3) is 6.46. The van der Waals surface area contributed by atoms with Crippen LogP contribution in [0.1, 0.15) is 26.3 Å². The van der Waals surface area contributed by atoms with Crippen LogP contribution in [0.25, 0.3) is 6.08 Å². The fourth-order valence-corrected chi connectivity index (χ4v) is 2.70. The first-order valence-corrected chi connectivity index (χ1v) is 9.00. The van der Waals surface area contributed by atoms with Gasteiger partial charge in [0.15, 0.2) is 0 Å². The molecule has 2 rings (SSSR count). The molecule has 0 aromatic heterocycles. The molecular weight excluding hydrogens is 298 g/mol. The average Bonchev–Trinajstić information content (AvgIpc) is 2.57. The van der Waals surface area contributed by atoms with Gasteiger partial charge in [-0.2, -0.15) is 0 Å². The summed E-state index contributed by atoms with van der Waals surface area (Å²) < 4.78 is 0. The van der Waals surface area contributed by atoms with E-state index in [2.05, 4.69) is 72.3 Å². The molecule has 0 unspecified atom stereocenters. The molecule has 1 heterocycles. The van der Waals surface area contributed by atoms with Gasteiger partial charge < -0.3 is 5.32 Å². The van der Waals surface area contributed by atoms with Crippen molar-refractivity contribution in [2.75, 3.05) is 39.3 Å². The molecule has 1 aliphatic rings. The molecule has 1 fully saturated rings. The lowest BCUT2D eigenvalue weighted by atomic mass is 10.1. The minimum absolute atomic E-state index is 0.147. The van der Waals surface area contributed by atoms with E-state index >= 15 is 0 Å². The van der Waals surface area contributed by atoms with Crippen molar-refractivity contribution in [3.8, 4) is 0 Å². The summed E-state index contributed by atoms with van der Waals surface area (Å²) in [6.45, 7) is 11.8. The Balaban J connectivity index is 1.66. The van der Waals surface area contributed by atoms with E-state index in [1.165, 1.54) is 5.56 Å². The van der Waals surface area contributed by atoms with Crippen molar-refractivity contribution in [1.29, 1.82) is 0 Å². The van der Waals surface area contributed by atoms with Gasteiger partial charge in [-0.15, -0.1) is 0 Å². The molecule has 1 atom stereocenters. The van der Waals surface area contributed by atoms with Gasteiger partial charge in [0.25, 0.3) is 0 Å². The second-order valence-corrected chi connectivity index (χ2v) is 6.99. The number of carbonyl (C=O) groups excluding carboxylic acids is 1. The number of rotatable bonds is 7. The predicted octanol–water partition coefficient (Wildman–Crippen LogP) is 2.48. The summed E-state index contributed by atoms with van der Waals surface area (Å²) in [5.74, 6) is 0.621. The van der Waals surface area contributed by atoms with Crippen LogP contribution >= 0.6 is 0 Å². The van der Waals surface area contributed by atoms with Crippen molar-refractivity contribution < 1.29 is 4.79 Å². The first-order valence-electron chi connectivity index (χ1n) is 9.00. The van der Waals surface area contributed by atoms with Crippen molar-refractivity contribution in [2.24, 2.45) is 5.92 Å². The molecule has 0 spiro atoms. The van der Waals surface area contributed by atoms with E-state index in [1.54, 1.807) is 0 Å². The van der Waals surface area contributed by atoms with Crippen LogP contribution in [0, 0.1) is 5.92 Å². The van der Waals surface area contributed by atoms with Crippen molar-refractivity contribution in [3.63, 3.8) is 0 Å². The minimum Gasteiger partial charge on any atom is -0.352 e. The maximum atomic E-state index is 12.1. The van der Waals surface area contributed by atoms with Gasteiger partial charge in [0, 0.05) is 38.8 Å². The monoisotopic (exact) mass is 329 g/mol. The maximum absolute atomic E-state index is 12.1. The lowest BCUT2D eigenvalue weighted by molar-refractivity contribution is -0.123. The van der Waals surface area contributed by atoms with E-state index in [1.807, 2.05) is 6.07 Å². The number of hydrogen-bond acceptors (Lipinski definition) is 3. The Labute approximate surface area is 146 Å². The van der Waals surface area contributed by atoms with Gasteiger partial charge >= 0.3 is 0 Å². The summed E-state index contributed by atoms with van der Waals surface area (Å²) in [7, 11) is 0. The quantitative estimate of drug-likeness (QED) is 0.835. The summed E-state index contributed by atoms with van der Waals surface area (Å²) in [6, 6.07) is 10.6. The van der Waals surface area contributed by atoms with E-state index < -0.39 is 0 Å². The van der Waals surface area contributed by atoms with Crippen LogP contribution in [-0.2, 0) is 4.79 Å². The highest BCUT2D eigenvalue weighted by Gasteiger charge is 2.19. The first-order chi connectivity index (χ1) is 11.5. The molecule has 1 aliphatic heterocycles. The molecule has 1 N–H and O–H groups in total. The third-order valence-corrected chi connectivity index (χ3v) is 4.69. The summed E-state index contributed by atoms with van der Waals surface area (Å²) in [6.07, 6.45) is 4.40. The van der Waals surface area contributed by atoms with Crippen LogP contribution in [0.15, 0.2) is 36.4 Å². The minimum atomic E-state index is 0.147. The largest absolute Gasteiger partial charge is 0.352 e. The van der Waals surface area contributed by atoms with E-state index in [0.29, 0.717) is 12.5 Å². The Hall–Kier alpha value is -1.65. The van der Waals surface area contributed by atoms with E-state index in [0.717, 1.165) is 32.7 Å². The standard InChI is InChI=1S/C20H31N3O/c1-17(2)18(3)21-20(24)16-23-14-12-22(13-15-23)11-7-10-19-8-5-4-6-9-19/h4-10,17-18H,11-16H2,1-3H3,(H,21,24)/b10-7+/t18-/m0/s1. The molecule has 1 aromatic carbocycles. The molecule has 0 saturated carbocycles. The average molecular weight is 329 g/mol. The second kappa shape index (κ2) is 9.60. The Morgan fingerprint density at radius 1 is 1.08 bits per heavy atom. The van der Waals surface area contributed by atoms with Crippen molar-refractivity contribution in [1.82, 2.24) is 15.1 Å². The van der Waals surface area contributed by atoms with Gasteiger partial charge in [-0.1, -0.05) is 56.3 Å². The molecule has 0 bridgehead atoms. The zero-order valence-electron chi connectivity index (χ0n) is 15.2. The number of nitrogens with zero attached hydrogens (tertiary/aromatic N) is 2. The van der Waals surface area contributed by atoms with E-state index in [4.69, 9.17) is 0 Å². The molecule has 132 valence electrons. The SMILES string of the molecule is CC(C)[C@H](C)NC(=O)CN1CCN(C/C=C/c2ccccc2)CC1. The predicted molar refractivity (Wildman–Crippen MR) is 101 cm³/mol. The third-order valence-electron chi connectivity index (χ3n) is 4.69. The van der Waals surface area contributed by atoms with Crippen molar-refractivity contribution in [3.05, 3.63) is 42.0 Å².